The zero-order chi connectivity index (χ0) is 36.4. The number of piperidine rings is 1. The molecule has 0 N–H and O–H groups in total. The molecule has 0 atom stereocenters. The Morgan fingerprint density at radius 3 is 1.83 bits per heavy atom. The van der Waals surface area contributed by atoms with Gasteiger partial charge in [-0.2, -0.15) is 13.2 Å². The van der Waals surface area contributed by atoms with Gasteiger partial charge in [0.1, 0.15) is 17.3 Å². The number of aromatic nitrogens is 1. The van der Waals surface area contributed by atoms with Gasteiger partial charge in [0.2, 0.25) is 0 Å². The summed E-state index contributed by atoms with van der Waals surface area (Å²) in [6.07, 6.45) is -3.10. The zero-order valence-electron chi connectivity index (χ0n) is 28.0. The third-order valence-corrected chi connectivity index (χ3v) is 10.9. The second-order valence-electron chi connectivity index (χ2n) is 13.1. The highest BCUT2D eigenvalue weighted by atomic mass is 32.1. The minimum absolute atomic E-state index is 0.0878. The number of carbonyl (C=O) groups excluding carboxylic acids is 2. The van der Waals surface area contributed by atoms with Crippen LogP contribution in [0.3, 0.4) is 0 Å². The molecular weight excluding hydrogens is 696 g/mol. The lowest BCUT2D eigenvalue weighted by atomic mass is 9.94. The molecule has 52 heavy (non-hydrogen) atoms. The molecule has 0 bridgehead atoms. The van der Waals surface area contributed by atoms with Crippen LogP contribution in [-0.4, -0.2) is 70.8 Å². The van der Waals surface area contributed by atoms with E-state index in [0.717, 1.165) is 28.3 Å². The average Bonchev–Trinajstić information content (AvgIpc) is 3.67. The molecule has 3 heterocycles. The van der Waals surface area contributed by atoms with Gasteiger partial charge in [-0.05, 0) is 77.6 Å². The predicted octanol–water partition coefficient (Wildman–Crippen LogP) is 8.67. The number of nitrogens with zero attached hydrogens (tertiary/aromatic N) is 4. The molecule has 268 valence electrons. The van der Waals surface area contributed by atoms with E-state index in [0.29, 0.717) is 74.5 Å². The summed E-state index contributed by atoms with van der Waals surface area (Å²) in [5.41, 5.74) is 2.96. The van der Waals surface area contributed by atoms with Crippen LogP contribution in [0.25, 0.3) is 11.1 Å². The second kappa shape index (κ2) is 15.0. The lowest BCUT2D eigenvalue weighted by Crippen LogP contribution is -2.50. The lowest BCUT2D eigenvalue weighted by molar-refractivity contribution is -0.137. The molecule has 2 aliphatic rings. The van der Waals surface area contributed by atoms with Gasteiger partial charge in [0.25, 0.3) is 11.8 Å². The van der Waals surface area contributed by atoms with Crippen LogP contribution in [0.5, 0.6) is 0 Å². The molecule has 5 aromatic rings. The van der Waals surface area contributed by atoms with Crippen LogP contribution in [-0.2, 0) is 6.18 Å². The molecule has 0 radical (unpaired) electrons. The number of piperazine rings is 1. The maximum Gasteiger partial charge on any atom is 0.416 e. The third-order valence-electron chi connectivity index (χ3n) is 9.89. The van der Waals surface area contributed by atoms with Crippen molar-refractivity contribution in [2.45, 2.75) is 31.0 Å². The van der Waals surface area contributed by atoms with Crippen molar-refractivity contribution >= 4 is 23.2 Å². The highest BCUT2D eigenvalue weighted by Gasteiger charge is 2.33. The predicted molar refractivity (Wildman–Crippen MR) is 189 cm³/mol. The van der Waals surface area contributed by atoms with E-state index in [9.17, 15) is 31.5 Å². The molecule has 0 aliphatic carbocycles. The molecule has 0 unspecified atom stereocenters. The number of carbonyl (C=O) groups is 2. The van der Waals surface area contributed by atoms with E-state index in [-0.39, 0.29) is 35.4 Å². The fourth-order valence-electron chi connectivity index (χ4n) is 7.08. The van der Waals surface area contributed by atoms with Crippen LogP contribution in [0.2, 0.25) is 0 Å². The molecule has 1 aromatic heterocycles. The number of rotatable bonds is 7. The van der Waals surface area contributed by atoms with E-state index in [1.54, 1.807) is 63.7 Å². The quantitative estimate of drug-likeness (QED) is 0.157. The summed E-state index contributed by atoms with van der Waals surface area (Å²) in [5.74, 6) is -0.901. The Kier molecular flexibility index (Phi) is 10.2. The number of amides is 2. The fourth-order valence-corrected chi connectivity index (χ4v) is 8.05. The normalized spacial score (nSPS) is 16.0. The summed E-state index contributed by atoms with van der Waals surface area (Å²) in [6.45, 7) is 3.04. The SMILES string of the molecule is O=C(c1csc(C2CCN(C(=O)c3ccccc3-c3ccc(C(F)(F)F)cc3)CC2)n1)N1CCN(C(c2ccc(F)cc2)c2ccc(F)cc2)CC1. The number of thiazole rings is 1. The Bertz CT molecular complexity index is 1970. The molecule has 7 rings (SSSR count). The second-order valence-corrected chi connectivity index (χ2v) is 14.0. The minimum Gasteiger partial charge on any atom is -0.339 e. The van der Waals surface area contributed by atoms with Gasteiger partial charge < -0.3 is 9.80 Å². The first-order valence-electron chi connectivity index (χ1n) is 17.1. The van der Waals surface area contributed by atoms with Gasteiger partial charge in [0, 0.05) is 56.1 Å². The number of likely N-dealkylation sites (tertiary alicyclic amines) is 1. The average molecular weight is 731 g/mol. The van der Waals surface area contributed by atoms with Crippen molar-refractivity contribution < 1.29 is 31.5 Å². The highest BCUT2D eigenvalue weighted by Crippen LogP contribution is 2.35. The van der Waals surface area contributed by atoms with Gasteiger partial charge >= 0.3 is 6.18 Å². The number of alkyl halides is 3. The number of halogens is 5. The molecule has 2 amide bonds. The maximum absolute atomic E-state index is 13.7. The smallest absolute Gasteiger partial charge is 0.339 e. The Morgan fingerprint density at radius 2 is 1.25 bits per heavy atom. The first-order valence-corrected chi connectivity index (χ1v) is 18.0. The van der Waals surface area contributed by atoms with E-state index < -0.39 is 11.7 Å². The molecule has 2 saturated heterocycles. The topological polar surface area (TPSA) is 56.8 Å². The summed E-state index contributed by atoms with van der Waals surface area (Å²) in [7, 11) is 0. The standard InChI is InChI=1S/C40H35F5N4O2S/c41-31-13-7-27(8-14-31)36(28-9-15-32(42)16-10-28)47-21-23-49(24-22-47)39(51)35-25-52-37(46-35)29-17-19-48(20-18-29)38(50)34-4-2-1-3-33(34)26-5-11-30(12-6-26)40(43,44)45/h1-16,25,29,36H,17-24H2. The molecule has 2 aliphatic heterocycles. The van der Waals surface area contributed by atoms with Crippen molar-refractivity contribution in [3.63, 3.8) is 0 Å². The van der Waals surface area contributed by atoms with Crippen LogP contribution < -0.4 is 0 Å². The van der Waals surface area contributed by atoms with Crippen LogP contribution in [0, 0.1) is 11.6 Å². The van der Waals surface area contributed by atoms with E-state index in [1.807, 2.05) is 0 Å². The highest BCUT2D eigenvalue weighted by molar-refractivity contribution is 7.09. The summed E-state index contributed by atoms with van der Waals surface area (Å²) in [6, 6.07) is 24.2. The van der Waals surface area contributed by atoms with Crippen LogP contribution in [0.15, 0.2) is 102 Å². The summed E-state index contributed by atoms with van der Waals surface area (Å²) in [4.78, 5) is 37.7. The summed E-state index contributed by atoms with van der Waals surface area (Å²) < 4.78 is 66.8. The van der Waals surface area contributed by atoms with Gasteiger partial charge in [-0.15, -0.1) is 11.3 Å². The van der Waals surface area contributed by atoms with Crippen molar-refractivity contribution in [3.05, 3.63) is 147 Å². The van der Waals surface area contributed by atoms with Gasteiger partial charge in [0.05, 0.1) is 16.6 Å². The molecule has 4 aromatic carbocycles. The van der Waals surface area contributed by atoms with Gasteiger partial charge in [-0.1, -0.05) is 54.6 Å². The van der Waals surface area contributed by atoms with Crippen molar-refractivity contribution in [3.8, 4) is 11.1 Å². The van der Waals surface area contributed by atoms with E-state index >= 15 is 0 Å². The maximum atomic E-state index is 13.7. The van der Waals surface area contributed by atoms with E-state index in [2.05, 4.69) is 4.90 Å². The van der Waals surface area contributed by atoms with Gasteiger partial charge in [-0.25, -0.2) is 13.8 Å². The monoisotopic (exact) mass is 730 g/mol. The zero-order valence-corrected chi connectivity index (χ0v) is 28.8. The van der Waals surface area contributed by atoms with Crippen molar-refractivity contribution in [2.24, 2.45) is 0 Å². The van der Waals surface area contributed by atoms with E-state index in [1.165, 1.54) is 47.7 Å². The molecule has 0 spiro atoms. The number of hydrogen-bond donors (Lipinski definition) is 0. The summed E-state index contributed by atoms with van der Waals surface area (Å²) >= 11 is 1.45. The van der Waals surface area contributed by atoms with Gasteiger partial charge in [0.15, 0.2) is 0 Å². The van der Waals surface area contributed by atoms with Crippen molar-refractivity contribution in [2.75, 3.05) is 39.3 Å². The molecule has 2 fully saturated rings. The minimum atomic E-state index is -4.44. The first-order chi connectivity index (χ1) is 25.0. The number of hydrogen-bond acceptors (Lipinski definition) is 5. The Labute approximate surface area is 302 Å². The lowest BCUT2D eigenvalue weighted by Gasteiger charge is -2.39. The van der Waals surface area contributed by atoms with Crippen molar-refractivity contribution in [1.29, 1.82) is 0 Å². The Morgan fingerprint density at radius 1 is 0.692 bits per heavy atom. The van der Waals surface area contributed by atoms with Gasteiger partial charge in [-0.3, -0.25) is 14.5 Å². The Balaban J connectivity index is 0.962. The molecular formula is C40H35F5N4O2S. The summed E-state index contributed by atoms with van der Waals surface area (Å²) in [5, 5.41) is 2.65. The number of benzene rings is 4. The van der Waals surface area contributed by atoms with Crippen LogP contribution >= 0.6 is 11.3 Å². The van der Waals surface area contributed by atoms with Crippen LogP contribution in [0.1, 0.15) is 67.3 Å². The van der Waals surface area contributed by atoms with Crippen LogP contribution in [0.4, 0.5) is 22.0 Å². The van der Waals surface area contributed by atoms with Crippen molar-refractivity contribution in [1.82, 2.24) is 19.7 Å². The van der Waals surface area contributed by atoms with E-state index in [4.69, 9.17) is 4.98 Å². The first kappa shape index (κ1) is 35.5. The Hall–Kier alpha value is -4.94. The third kappa shape index (κ3) is 7.63. The fraction of sp³-hybridized carbons (Fsp3) is 0.275. The molecule has 12 heteroatoms. The molecule has 0 saturated carbocycles. The largest absolute Gasteiger partial charge is 0.416 e. The molecule has 6 nitrogen and oxygen atoms in total.